The number of benzene rings is 2. The summed E-state index contributed by atoms with van der Waals surface area (Å²) in [5.41, 5.74) is 1.48. The Kier molecular flexibility index (Phi) is 4.88. The highest BCUT2D eigenvalue weighted by atomic mass is 19.1. The molecule has 0 unspecified atom stereocenters. The van der Waals surface area contributed by atoms with Crippen LogP contribution < -0.4 is 4.74 Å². The van der Waals surface area contributed by atoms with Crippen molar-refractivity contribution in [1.82, 2.24) is 0 Å². The minimum atomic E-state index is -0.903. The average molecular weight is 302 g/mol. The Morgan fingerprint density at radius 1 is 1.14 bits per heavy atom. The molecule has 22 heavy (non-hydrogen) atoms. The molecule has 0 aliphatic rings. The standard InChI is InChI=1S/C17H15FO4/c1-11(19)15-6-5-14(9-16(15)18)22-10-13-4-2-3-12(7-13)8-17(20)21/h2-7,9H,8,10H2,1H3,(H,20,21). The summed E-state index contributed by atoms with van der Waals surface area (Å²) in [7, 11) is 0. The number of carboxylic acids is 1. The number of rotatable bonds is 6. The predicted molar refractivity (Wildman–Crippen MR) is 78.5 cm³/mol. The summed E-state index contributed by atoms with van der Waals surface area (Å²) < 4.78 is 19.1. The average Bonchev–Trinajstić information content (AvgIpc) is 2.44. The Hall–Kier alpha value is -2.69. The number of ether oxygens (including phenoxy) is 1. The van der Waals surface area contributed by atoms with E-state index in [2.05, 4.69) is 0 Å². The highest BCUT2D eigenvalue weighted by Crippen LogP contribution is 2.18. The Labute approximate surface area is 127 Å². The van der Waals surface area contributed by atoms with Crippen molar-refractivity contribution < 1.29 is 23.8 Å². The summed E-state index contributed by atoms with van der Waals surface area (Å²) in [6.45, 7) is 1.49. The molecule has 0 aliphatic carbocycles. The van der Waals surface area contributed by atoms with Crippen molar-refractivity contribution in [3.63, 3.8) is 0 Å². The van der Waals surface area contributed by atoms with E-state index >= 15 is 0 Å². The third-order valence-electron chi connectivity index (χ3n) is 3.07. The zero-order valence-corrected chi connectivity index (χ0v) is 12.0. The molecule has 0 aromatic heterocycles. The molecule has 0 saturated heterocycles. The quantitative estimate of drug-likeness (QED) is 0.832. The topological polar surface area (TPSA) is 63.6 Å². The first-order valence-electron chi connectivity index (χ1n) is 6.68. The fourth-order valence-corrected chi connectivity index (χ4v) is 2.04. The number of ketones is 1. The third-order valence-corrected chi connectivity index (χ3v) is 3.07. The lowest BCUT2D eigenvalue weighted by molar-refractivity contribution is -0.136. The van der Waals surface area contributed by atoms with Gasteiger partial charge >= 0.3 is 5.97 Å². The SMILES string of the molecule is CC(=O)c1ccc(OCc2cccc(CC(=O)O)c2)cc1F. The van der Waals surface area contributed by atoms with Crippen LogP contribution in [0.5, 0.6) is 5.75 Å². The molecule has 0 spiro atoms. The molecule has 0 amide bonds. The van der Waals surface area contributed by atoms with Crippen LogP contribution >= 0.6 is 0 Å². The minimum absolute atomic E-state index is 0.0239. The van der Waals surface area contributed by atoms with Crippen LogP contribution in [0.2, 0.25) is 0 Å². The second kappa shape index (κ2) is 6.85. The summed E-state index contributed by atoms with van der Waals surface area (Å²) >= 11 is 0. The second-order valence-corrected chi connectivity index (χ2v) is 4.88. The summed E-state index contributed by atoms with van der Waals surface area (Å²) in [4.78, 5) is 21.8. The monoisotopic (exact) mass is 302 g/mol. The van der Waals surface area contributed by atoms with Gasteiger partial charge in [-0.2, -0.15) is 0 Å². The van der Waals surface area contributed by atoms with Crippen molar-refractivity contribution in [2.45, 2.75) is 20.0 Å². The maximum atomic E-state index is 13.7. The van der Waals surface area contributed by atoms with E-state index in [0.29, 0.717) is 11.3 Å². The van der Waals surface area contributed by atoms with Crippen LogP contribution in [0.3, 0.4) is 0 Å². The maximum Gasteiger partial charge on any atom is 0.307 e. The number of Topliss-reactive ketones (excluding diaryl/α,β-unsaturated/α-hetero) is 1. The predicted octanol–water partition coefficient (Wildman–Crippen LogP) is 3.23. The summed E-state index contributed by atoms with van der Waals surface area (Å²) in [5, 5.41) is 8.77. The lowest BCUT2D eigenvalue weighted by Crippen LogP contribution is -2.02. The van der Waals surface area contributed by atoms with Gasteiger partial charge in [0.15, 0.2) is 5.78 Å². The van der Waals surface area contributed by atoms with Gasteiger partial charge in [0.2, 0.25) is 0 Å². The number of carboxylic acid groups (broad SMARTS) is 1. The normalized spacial score (nSPS) is 10.3. The molecule has 0 aliphatic heterocycles. The zero-order valence-electron chi connectivity index (χ0n) is 12.0. The van der Waals surface area contributed by atoms with E-state index in [1.54, 1.807) is 24.3 Å². The number of carbonyl (C=O) groups excluding carboxylic acids is 1. The molecule has 0 bridgehead atoms. The van der Waals surface area contributed by atoms with Gasteiger partial charge in [0, 0.05) is 6.07 Å². The first-order chi connectivity index (χ1) is 10.5. The fourth-order valence-electron chi connectivity index (χ4n) is 2.04. The first kappa shape index (κ1) is 15.7. The third kappa shape index (κ3) is 4.15. The first-order valence-corrected chi connectivity index (χ1v) is 6.68. The highest BCUT2D eigenvalue weighted by molar-refractivity contribution is 5.94. The summed E-state index contributed by atoms with van der Waals surface area (Å²) in [5.74, 6) is -1.55. The molecule has 114 valence electrons. The van der Waals surface area contributed by atoms with E-state index in [1.807, 2.05) is 0 Å². The number of hydrogen-bond acceptors (Lipinski definition) is 3. The van der Waals surface area contributed by atoms with Gasteiger partial charge in [-0.05, 0) is 30.2 Å². The molecule has 1 N–H and O–H groups in total. The van der Waals surface area contributed by atoms with E-state index in [0.717, 1.165) is 11.6 Å². The molecule has 5 heteroatoms. The Morgan fingerprint density at radius 2 is 1.86 bits per heavy atom. The van der Waals surface area contributed by atoms with Crippen molar-refractivity contribution in [3.05, 3.63) is 65.0 Å². The molecule has 0 saturated carbocycles. The van der Waals surface area contributed by atoms with Crippen LogP contribution in [-0.2, 0) is 17.8 Å². The lowest BCUT2D eigenvalue weighted by Gasteiger charge is -2.08. The number of hydrogen-bond donors (Lipinski definition) is 1. The van der Waals surface area contributed by atoms with Crippen LogP contribution in [0, 0.1) is 5.82 Å². The molecule has 0 radical (unpaired) electrons. The van der Waals surface area contributed by atoms with E-state index in [1.165, 1.54) is 19.1 Å². The highest BCUT2D eigenvalue weighted by Gasteiger charge is 2.08. The van der Waals surface area contributed by atoms with Gasteiger partial charge in [0.1, 0.15) is 18.2 Å². The molecule has 2 rings (SSSR count). The molecule has 4 nitrogen and oxygen atoms in total. The van der Waals surface area contributed by atoms with Crippen molar-refractivity contribution in [1.29, 1.82) is 0 Å². The van der Waals surface area contributed by atoms with Gasteiger partial charge in [-0.15, -0.1) is 0 Å². The van der Waals surface area contributed by atoms with Gasteiger partial charge < -0.3 is 9.84 Å². The van der Waals surface area contributed by atoms with Gasteiger partial charge in [-0.3, -0.25) is 9.59 Å². The van der Waals surface area contributed by atoms with Gasteiger partial charge in [-0.25, -0.2) is 4.39 Å². The molecule has 0 fully saturated rings. The van der Waals surface area contributed by atoms with E-state index in [4.69, 9.17) is 9.84 Å². The van der Waals surface area contributed by atoms with Crippen LogP contribution in [0.1, 0.15) is 28.4 Å². The Bertz CT molecular complexity index is 710. The number of carbonyl (C=O) groups is 2. The summed E-state index contributed by atoms with van der Waals surface area (Å²) in [6, 6.07) is 11.1. The van der Waals surface area contributed by atoms with Crippen molar-refractivity contribution in [2.75, 3.05) is 0 Å². The van der Waals surface area contributed by atoms with Crippen LogP contribution in [0.4, 0.5) is 4.39 Å². The maximum absolute atomic E-state index is 13.7. The second-order valence-electron chi connectivity index (χ2n) is 4.88. The smallest absolute Gasteiger partial charge is 0.307 e. The van der Waals surface area contributed by atoms with E-state index < -0.39 is 11.8 Å². The van der Waals surface area contributed by atoms with Crippen LogP contribution in [0.25, 0.3) is 0 Å². The van der Waals surface area contributed by atoms with Crippen molar-refractivity contribution in [2.24, 2.45) is 0 Å². The van der Waals surface area contributed by atoms with Crippen molar-refractivity contribution in [3.8, 4) is 5.75 Å². The van der Waals surface area contributed by atoms with Gasteiger partial charge in [0.25, 0.3) is 0 Å². The largest absolute Gasteiger partial charge is 0.489 e. The molecular weight excluding hydrogens is 287 g/mol. The molecule has 0 atom stereocenters. The lowest BCUT2D eigenvalue weighted by atomic mass is 10.1. The number of aliphatic carboxylic acids is 1. The van der Waals surface area contributed by atoms with Crippen LogP contribution in [-0.4, -0.2) is 16.9 Å². The Morgan fingerprint density at radius 3 is 2.50 bits per heavy atom. The fraction of sp³-hybridized carbons (Fsp3) is 0.176. The van der Waals surface area contributed by atoms with Gasteiger partial charge in [-0.1, -0.05) is 24.3 Å². The van der Waals surface area contributed by atoms with Crippen LogP contribution in [0.15, 0.2) is 42.5 Å². The molecule has 0 heterocycles. The van der Waals surface area contributed by atoms with E-state index in [9.17, 15) is 14.0 Å². The Balaban J connectivity index is 2.05. The molecule has 2 aromatic carbocycles. The minimum Gasteiger partial charge on any atom is -0.489 e. The van der Waals surface area contributed by atoms with Gasteiger partial charge in [0.05, 0.1) is 12.0 Å². The summed E-state index contributed by atoms with van der Waals surface area (Å²) in [6.07, 6.45) is -0.0597. The van der Waals surface area contributed by atoms with E-state index in [-0.39, 0.29) is 24.4 Å². The molecule has 2 aromatic rings. The zero-order chi connectivity index (χ0) is 16.1. The number of halogens is 1. The molecular formula is C17H15FO4. The van der Waals surface area contributed by atoms with Crippen molar-refractivity contribution >= 4 is 11.8 Å².